The Balaban J connectivity index is 1.41. The predicted octanol–water partition coefficient (Wildman–Crippen LogP) is 9.34. The third-order valence-corrected chi connectivity index (χ3v) is 11.2. The SMILES string of the molecule is CNC[C@H]1CCC[C@@]2(C1)c1cccc(c1)C[C@@H](c1ccc(O)cc1)[C@H](CCCCCC[C@H]1C=CCC1)CC=CC[C@H]2C(=O)O. The molecule has 1 fully saturated rings. The number of rotatable bonds is 11. The van der Waals surface area contributed by atoms with Gasteiger partial charge in [-0.05, 0) is 130 Å². The zero-order valence-corrected chi connectivity index (χ0v) is 26.9. The lowest BCUT2D eigenvalue weighted by Gasteiger charge is -2.45. The van der Waals surface area contributed by atoms with Crippen LogP contribution in [0.25, 0.3) is 0 Å². The number of aromatic hydroxyl groups is 1. The second-order valence-corrected chi connectivity index (χ2v) is 14.1. The number of nitrogens with one attached hydrogen (secondary N) is 1. The molecule has 5 rings (SSSR count). The first-order valence-electron chi connectivity index (χ1n) is 17.6. The third kappa shape index (κ3) is 8.24. The minimum atomic E-state index is -0.658. The van der Waals surface area contributed by atoms with Crippen LogP contribution in [-0.2, 0) is 16.6 Å². The molecule has 238 valence electrons. The normalized spacial score (nSPS) is 28.9. The van der Waals surface area contributed by atoms with E-state index in [4.69, 9.17) is 0 Å². The van der Waals surface area contributed by atoms with Crippen LogP contribution in [0.15, 0.2) is 72.8 Å². The van der Waals surface area contributed by atoms with Crippen LogP contribution in [-0.4, -0.2) is 29.8 Å². The average molecular weight is 598 g/mol. The van der Waals surface area contributed by atoms with Crippen LogP contribution in [0.1, 0.15) is 112 Å². The summed E-state index contributed by atoms with van der Waals surface area (Å²) < 4.78 is 0. The molecule has 4 nitrogen and oxygen atoms in total. The molecule has 0 heterocycles. The van der Waals surface area contributed by atoms with Crippen molar-refractivity contribution in [1.29, 1.82) is 0 Å². The van der Waals surface area contributed by atoms with Crippen molar-refractivity contribution in [1.82, 2.24) is 5.32 Å². The Bertz CT molecular complexity index is 1250. The molecule has 3 aliphatic carbocycles. The first-order chi connectivity index (χ1) is 21.5. The van der Waals surface area contributed by atoms with Crippen molar-refractivity contribution in [3.05, 3.63) is 89.5 Å². The molecule has 0 unspecified atom stereocenters. The maximum Gasteiger partial charge on any atom is 0.307 e. The fourth-order valence-corrected chi connectivity index (χ4v) is 8.86. The lowest BCUT2D eigenvalue weighted by Crippen LogP contribution is -2.45. The van der Waals surface area contributed by atoms with Crippen LogP contribution < -0.4 is 5.32 Å². The summed E-state index contributed by atoms with van der Waals surface area (Å²) in [5, 5.41) is 24.1. The van der Waals surface area contributed by atoms with Gasteiger partial charge in [-0.15, -0.1) is 0 Å². The summed E-state index contributed by atoms with van der Waals surface area (Å²) in [5.74, 6) is 1.32. The van der Waals surface area contributed by atoms with Gasteiger partial charge in [-0.25, -0.2) is 0 Å². The molecule has 3 aliphatic rings. The Morgan fingerprint density at radius 3 is 2.50 bits per heavy atom. The van der Waals surface area contributed by atoms with Crippen LogP contribution in [0.2, 0.25) is 0 Å². The van der Waals surface area contributed by atoms with Crippen LogP contribution in [0.5, 0.6) is 5.75 Å². The molecule has 3 N–H and O–H groups in total. The molecule has 6 atom stereocenters. The Hall–Kier alpha value is -2.85. The topological polar surface area (TPSA) is 69.6 Å². The molecular weight excluding hydrogens is 542 g/mol. The minimum absolute atomic E-state index is 0.313. The van der Waals surface area contributed by atoms with Gasteiger partial charge in [0.05, 0.1) is 5.92 Å². The van der Waals surface area contributed by atoms with Crippen molar-refractivity contribution in [3.8, 4) is 5.75 Å². The van der Waals surface area contributed by atoms with Gasteiger partial charge < -0.3 is 15.5 Å². The first-order valence-corrected chi connectivity index (χ1v) is 17.6. The van der Waals surface area contributed by atoms with Gasteiger partial charge in [0, 0.05) is 5.41 Å². The van der Waals surface area contributed by atoms with E-state index in [0.29, 0.717) is 29.9 Å². The number of benzene rings is 2. The molecule has 0 amide bonds. The summed E-state index contributed by atoms with van der Waals surface area (Å²) in [7, 11) is 2.01. The highest BCUT2D eigenvalue weighted by atomic mass is 16.4. The van der Waals surface area contributed by atoms with Crippen molar-refractivity contribution in [2.24, 2.45) is 23.7 Å². The monoisotopic (exact) mass is 597 g/mol. The van der Waals surface area contributed by atoms with Crippen LogP contribution in [0.4, 0.5) is 0 Å². The number of unbranched alkanes of at least 4 members (excludes halogenated alkanes) is 3. The van der Waals surface area contributed by atoms with E-state index in [1.165, 1.54) is 61.6 Å². The molecule has 44 heavy (non-hydrogen) atoms. The molecule has 2 bridgehead atoms. The van der Waals surface area contributed by atoms with E-state index in [1.807, 2.05) is 19.2 Å². The second-order valence-electron chi connectivity index (χ2n) is 14.1. The quantitative estimate of drug-likeness (QED) is 0.178. The van der Waals surface area contributed by atoms with E-state index < -0.39 is 11.9 Å². The molecule has 4 heteroatoms. The maximum absolute atomic E-state index is 13.0. The average Bonchev–Trinajstić information content (AvgIpc) is 3.54. The number of phenolic OH excluding ortho intramolecular Hbond substituents is 1. The van der Waals surface area contributed by atoms with Gasteiger partial charge in [0.15, 0.2) is 0 Å². The summed E-state index contributed by atoms with van der Waals surface area (Å²) in [6.45, 7) is 0.936. The Morgan fingerprint density at radius 1 is 0.955 bits per heavy atom. The number of fused-ring (bicyclic) bond motifs is 3. The van der Waals surface area contributed by atoms with Crippen molar-refractivity contribution < 1.29 is 15.0 Å². The van der Waals surface area contributed by atoms with E-state index in [0.717, 1.165) is 57.4 Å². The van der Waals surface area contributed by atoms with Gasteiger partial charge in [0.25, 0.3) is 0 Å². The van der Waals surface area contributed by atoms with E-state index >= 15 is 0 Å². The zero-order valence-electron chi connectivity index (χ0n) is 26.9. The molecule has 1 saturated carbocycles. The molecule has 0 saturated heterocycles. The van der Waals surface area contributed by atoms with Gasteiger partial charge in [0.1, 0.15) is 5.75 Å². The van der Waals surface area contributed by atoms with E-state index in [2.05, 4.69) is 66.0 Å². The highest BCUT2D eigenvalue weighted by Gasteiger charge is 2.47. The van der Waals surface area contributed by atoms with Crippen molar-refractivity contribution in [2.75, 3.05) is 13.6 Å². The highest BCUT2D eigenvalue weighted by Crippen LogP contribution is 2.49. The number of allylic oxidation sites excluding steroid dienone is 4. The highest BCUT2D eigenvalue weighted by molar-refractivity contribution is 5.73. The number of aliphatic carboxylic acids is 1. The van der Waals surface area contributed by atoms with Gasteiger partial charge in [-0.1, -0.05) is 92.8 Å². The number of hydrogen-bond acceptors (Lipinski definition) is 3. The second kappa shape index (κ2) is 15.9. The largest absolute Gasteiger partial charge is 0.508 e. The standard InChI is InChI=1S/C40H55NO3/c1-41-29-32-16-11-25-40(28-32)35-19-10-15-31(26-35)27-37(34-21-23-36(42)24-22-34)33(18-8-9-20-38(40)39(43)44)17-5-3-2-4-12-30-13-6-7-14-30/h6,8-10,13,15,19,21-24,26,30,32-33,37-38,41-42H,2-5,7,11-12,14,16-18,20,25,27-29H2,1H3,(H,43,44)/t30-,32-,33+,37+,38-,40+/m0/s1. The molecule has 2 aromatic rings. The fraction of sp³-hybridized carbons (Fsp3) is 0.575. The summed E-state index contributed by atoms with van der Waals surface area (Å²) in [4.78, 5) is 13.0. The zero-order chi connectivity index (χ0) is 30.8. The van der Waals surface area contributed by atoms with E-state index in [1.54, 1.807) is 0 Å². The Labute approximate surface area is 266 Å². The number of phenols is 1. The van der Waals surface area contributed by atoms with Crippen molar-refractivity contribution in [2.45, 2.75) is 108 Å². The Morgan fingerprint density at radius 2 is 1.75 bits per heavy atom. The smallest absolute Gasteiger partial charge is 0.307 e. The van der Waals surface area contributed by atoms with Crippen LogP contribution in [0, 0.1) is 23.7 Å². The van der Waals surface area contributed by atoms with Gasteiger partial charge >= 0.3 is 5.97 Å². The van der Waals surface area contributed by atoms with Crippen molar-refractivity contribution >= 4 is 5.97 Å². The minimum Gasteiger partial charge on any atom is -0.508 e. The van der Waals surface area contributed by atoms with E-state index in [9.17, 15) is 15.0 Å². The number of hydrogen-bond donors (Lipinski definition) is 3. The van der Waals surface area contributed by atoms with Crippen LogP contribution >= 0.6 is 0 Å². The molecule has 2 aromatic carbocycles. The van der Waals surface area contributed by atoms with Gasteiger partial charge in [-0.3, -0.25) is 4.79 Å². The summed E-state index contributed by atoms with van der Waals surface area (Å²) in [5.41, 5.74) is 3.46. The van der Waals surface area contributed by atoms with E-state index in [-0.39, 0.29) is 5.41 Å². The first kappa shape index (κ1) is 32.5. The molecule has 0 aromatic heterocycles. The van der Waals surface area contributed by atoms with Crippen molar-refractivity contribution in [3.63, 3.8) is 0 Å². The summed E-state index contributed by atoms with van der Waals surface area (Å²) in [6, 6.07) is 16.9. The number of carboxylic acid groups (broad SMARTS) is 1. The van der Waals surface area contributed by atoms with Gasteiger partial charge in [-0.2, -0.15) is 0 Å². The molecule has 0 radical (unpaired) electrons. The number of carbonyl (C=O) groups is 1. The fourth-order valence-electron chi connectivity index (χ4n) is 8.86. The van der Waals surface area contributed by atoms with Gasteiger partial charge in [0.2, 0.25) is 0 Å². The third-order valence-electron chi connectivity index (χ3n) is 11.2. The van der Waals surface area contributed by atoms with Crippen LogP contribution in [0.3, 0.4) is 0 Å². The lowest BCUT2D eigenvalue weighted by atomic mass is 9.58. The summed E-state index contributed by atoms with van der Waals surface area (Å²) >= 11 is 0. The predicted molar refractivity (Wildman–Crippen MR) is 181 cm³/mol. The number of carboxylic acids is 1. The maximum atomic E-state index is 13.0. The lowest BCUT2D eigenvalue weighted by molar-refractivity contribution is -0.145. The molecule has 1 spiro atoms. The summed E-state index contributed by atoms with van der Waals surface area (Å²) in [6.07, 6.45) is 26.0. The Kier molecular flexibility index (Phi) is 11.8. The molecule has 0 aliphatic heterocycles. The molecular formula is C40H55NO3.